The summed E-state index contributed by atoms with van der Waals surface area (Å²) < 4.78 is 2.01. The molecule has 0 unspecified atom stereocenters. The van der Waals surface area contributed by atoms with Gasteiger partial charge in [-0.25, -0.2) is 0 Å². The Balaban J connectivity index is 0.00000256. The predicted octanol–water partition coefficient (Wildman–Crippen LogP) is 2.38. The summed E-state index contributed by atoms with van der Waals surface area (Å²) >= 11 is 0. The highest BCUT2D eigenvalue weighted by Gasteiger charge is 2.21. The first-order chi connectivity index (χ1) is 14.3. The number of aromatic nitrogens is 3. The van der Waals surface area contributed by atoms with E-state index in [9.17, 15) is 5.11 Å². The molecule has 0 bridgehead atoms. The number of halogens is 1. The molecular formula is C21H28IN7O. The Morgan fingerprint density at radius 3 is 2.60 bits per heavy atom. The molecule has 0 atom stereocenters. The fourth-order valence-electron chi connectivity index (χ4n) is 3.64. The molecule has 0 saturated carbocycles. The van der Waals surface area contributed by atoms with E-state index in [4.69, 9.17) is 4.99 Å². The molecule has 0 spiro atoms. The lowest BCUT2D eigenvalue weighted by atomic mass is 10.2. The van der Waals surface area contributed by atoms with Crippen molar-refractivity contribution < 1.29 is 5.11 Å². The molecule has 1 aliphatic rings. The number of phenolic OH excluding ortho intramolecular Hbond substituents is 1. The molecule has 8 nitrogen and oxygen atoms in total. The van der Waals surface area contributed by atoms with Gasteiger partial charge < -0.3 is 20.2 Å². The predicted molar refractivity (Wildman–Crippen MR) is 130 cm³/mol. The molecule has 0 amide bonds. The molecular weight excluding hydrogens is 493 g/mol. The first-order valence-electron chi connectivity index (χ1n) is 10.1. The third-order valence-corrected chi connectivity index (χ3v) is 5.12. The summed E-state index contributed by atoms with van der Waals surface area (Å²) in [5.74, 6) is 2.19. The van der Waals surface area contributed by atoms with Crippen molar-refractivity contribution in [3.63, 3.8) is 0 Å². The Labute approximate surface area is 193 Å². The number of anilines is 1. The topological polar surface area (TPSA) is 81.3 Å². The second kappa shape index (κ2) is 10.5. The van der Waals surface area contributed by atoms with Crippen LogP contribution in [0.5, 0.6) is 5.75 Å². The maximum atomic E-state index is 10.1. The molecule has 4 rings (SSSR count). The number of pyridine rings is 1. The van der Waals surface area contributed by atoms with Crippen LogP contribution in [0.3, 0.4) is 0 Å². The fourth-order valence-corrected chi connectivity index (χ4v) is 3.64. The van der Waals surface area contributed by atoms with E-state index in [1.54, 1.807) is 6.07 Å². The third kappa shape index (κ3) is 4.94. The van der Waals surface area contributed by atoms with Crippen molar-refractivity contribution in [3.8, 4) is 5.75 Å². The normalized spacial score (nSPS) is 14.6. The highest BCUT2D eigenvalue weighted by Crippen LogP contribution is 2.27. The van der Waals surface area contributed by atoms with Crippen LogP contribution in [0.15, 0.2) is 53.7 Å². The van der Waals surface area contributed by atoms with Crippen LogP contribution in [-0.2, 0) is 6.42 Å². The van der Waals surface area contributed by atoms with Gasteiger partial charge >= 0.3 is 0 Å². The van der Waals surface area contributed by atoms with Crippen molar-refractivity contribution in [2.24, 2.45) is 4.99 Å². The van der Waals surface area contributed by atoms with Gasteiger partial charge in [0, 0.05) is 51.9 Å². The van der Waals surface area contributed by atoms with Gasteiger partial charge in [-0.15, -0.1) is 34.2 Å². The van der Waals surface area contributed by atoms with E-state index in [0.717, 1.165) is 62.3 Å². The lowest BCUT2D eigenvalue weighted by Crippen LogP contribution is -2.52. The van der Waals surface area contributed by atoms with Crippen LogP contribution in [0.2, 0.25) is 0 Å². The molecule has 2 N–H and O–H groups in total. The number of aliphatic imine (C=N–C) groups is 1. The standard InChI is InChI=1S/C21H27N7O.HI/c1-2-22-21(23-11-10-20-25-24-19-9-5-6-12-28(19)20)27-15-13-26(14-16-27)17-7-3-4-8-18(17)29;/h3-9,12,29H,2,10-11,13-16H2,1H3,(H,22,23);1H. The van der Waals surface area contributed by atoms with Crippen LogP contribution in [0.25, 0.3) is 5.65 Å². The zero-order valence-electron chi connectivity index (χ0n) is 17.1. The van der Waals surface area contributed by atoms with Crippen molar-refractivity contribution in [1.82, 2.24) is 24.8 Å². The molecule has 1 fully saturated rings. The molecule has 0 radical (unpaired) electrons. The number of benzene rings is 1. The molecule has 30 heavy (non-hydrogen) atoms. The van der Waals surface area contributed by atoms with Gasteiger partial charge in [0.25, 0.3) is 0 Å². The number of hydrogen-bond acceptors (Lipinski definition) is 5. The molecule has 1 aromatic carbocycles. The average molecular weight is 521 g/mol. The van der Waals surface area contributed by atoms with Crippen molar-refractivity contribution >= 4 is 41.3 Å². The highest BCUT2D eigenvalue weighted by atomic mass is 127. The van der Waals surface area contributed by atoms with Gasteiger partial charge in [-0.1, -0.05) is 18.2 Å². The van der Waals surface area contributed by atoms with E-state index in [0.29, 0.717) is 12.3 Å². The number of aromatic hydroxyl groups is 1. The van der Waals surface area contributed by atoms with Crippen LogP contribution >= 0.6 is 24.0 Å². The maximum absolute atomic E-state index is 10.1. The third-order valence-electron chi connectivity index (χ3n) is 5.12. The van der Waals surface area contributed by atoms with E-state index in [2.05, 4.69) is 32.2 Å². The lowest BCUT2D eigenvalue weighted by Gasteiger charge is -2.37. The number of piperazine rings is 1. The molecule has 3 heterocycles. The van der Waals surface area contributed by atoms with E-state index in [1.165, 1.54) is 0 Å². The summed E-state index contributed by atoms with van der Waals surface area (Å²) in [6.45, 7) is 6.96. The highest BCUT2D eigenvalue weighted by molar-refractivity contribution is 14.0. The van der Waals surface area contributed by atoms with Crippen molar-refractivity contribution in [1.29, 1.82) is 0 Å². The number of fused-ring (bicyclic) bond motifs is 1. The van der Waals surface area contributed by atoms with Gasteiger partial charge in [-0.2, -0.15) is 0 Å². The van der Waals surface area contributed by atoms with Gasteiger partial charge in [0.15, 0.2) is 11.6 Å². The van der Waals surface area contributed by atoms with Crippen LogP contribution < -0.4 is 10.2 Å². The van der Waals surface area contributed by atoms with E-state index in [-0.39, 0.29) is 24.0 Å². The van der Waals surface area contributed by atoms with Crippen LogP contribution in [0.4, 0.5) is 5.69 Å². The van der Waals surface area contributed by atoms with E-state index < -0.39 is 0 Å². The minimum absolute atomic E-state index is 0. The minimum atomic E-state index is 0. The Bertz CT molecular complexity index is 982. The molecule has 0 aliphatic carbocycles. The molecule has 160 valence electrons. The van der Waals surface area contributed by atoms with Gasteiger partial charge in [0.2, 0.25) is 0 Å². The molecule has 9 heteroatoms. The summed E-state index contributed by atoms with van der Waals surface area (Å²) in [7, 11) is 0. The number of nitrogens with zero attached hydrogens (tertiary/aromatic N) is 6. The number of hydrogen-bond donors (Lipinski definition) is 2. The zero-order chi connectivity index (χ0) is 20.1. The second-order valence-electron chi connectivity index (χ2n) is 6.99. The smallest absolute Gasteiger partial charge is 0.194 e. The van der Waals surface area contributed by atoms with Gasteiger partial charge in [-0.05, 0) is 31.2 Å². The Morgan fingerprint density at radius 2 is 1.83 bits per heavy atom. The largest absolute Gasteiger partial charge is 0.506 e. The van der Waals surface area contributed by atoms with Gasteiger partial charge in [0.1, 0.15) is 11.6 Å². The van der Waals surface area contributed by atoms with Crippen LogP contribution in [0.1, 0.15) is 12.7 Å². The van der Waals surface area contributed by atoms with Gasteiger partial charge in [0.05, 0.1) is 5.69 Å². The Morgan fingerprint density at radius 1 is 1.07 bits per heavy atom. The van der Waals surface area contributed by atoms with Crippen LogP contribution in [-0.4, -0.2) is 69.8 Å². The monoisotopic (exact) mass is 521 g/mol. The average Bonchev–Trinajstić information content (AvgIpc) is 3.17. The summed E-state index contributed by atoms with van der Waals surface area (Å²) in [5, 5.41) is 22.0. The first-order valence-corrected chi connectivity index (χ1v) is 10.1. The SMILES string of the molecule is CCNC(=NCCc1nnc2ccccn12)N1CCN(c2ccccc2O)CC1.I. The number of nitrogens with one attached hydrogen (secondary N) is 1. The lowest BCUT2D eigenvalue weighted by molar-refractivity contribution is 0.370. The maximum Gasteiger partial charge on any atom is 0.194 e. The molecule has 1 aliphatic heterocycles. The molecule has 2 aromatic heterocycles. The van der Waals surface area contributed by atoms with Crippen molar-refractivity contribution in [2.75, 3.05) is 44.2 Å². The summed E-state index contributed by atoms with van der Waals surface area (Å²) in [5.41, 5.74) is 1.76. The Hall–Kier alpha value is -2.56. The number of para-hydroxylation sites is 2. The summed E-state index contributed by atoms with van der Waals surface area (Å²) in [6, 6.07) is 13.4. The summed E-state index contributed by atoms with van der Waals surface area (Å²) in [6.07, 6.45) is 2.72. The number of phenols is 1. The Kier molecular flexibility index (Phi) is 7.72. The quantitative estimate of drug-likeness (QED) is 0.305. The van der Waals surface area contributed by atoms with Crippen LogP contribution in [0, 0.1) is 0 Å². The van der Waals surface area contributed by atoms with Crippen molar-refractivity contribution in [3.05, 3.63) is 54.5 Å². The first kappa shape index (κ1) is 22.1. The number of guanidine groups is 1. The zero-order valence-corrected chi connectivity index (χ0v) is 19.4. The summed E-state index contributed by atoms with van der Waals surface area (Å²) in [4.78, 5) is 9.32. The number of rotatable bonds is 5. The second-order valence-corrected chi connectivity index (χ2v) is 6.99. The minimum Gasteiger partial charge on any atom is -0.506 e. The molecule has 1 saturated heterocycles. The van der Waals surface area contributed by atoms with Gasteiger partial charge in [-0.3, -0.25) is 9.39 Å². The van der Waals surface area contributed by atoms with Crippen molar-refractivity contribution in [2.45, 2.75) is 13.3 Å². The van der Waals surface area contributed by atoms with E-state index in [1.807, 2.05) is 47.0 Å². The van der Waals surface area contributed by atoms with E-state index >= 15 is 0 Å². The fraction of sp³-hybridized carbons (Fsp3) is 0.381. The molecule has 3 aromatic rings.